The summed E-state index contributed by atoms with van der Waals surface area (Å²) in [5, 5.41) is 4.52. The number of pyridine rings is 3. The van der Waals surface area contributed by atoms with Gasteiger partial charge in [0.15, 0.2) is 10.3 Å². The second-order valence-electron chi connectivity index (χ2n) is 7.45. The first-order valence-electron chi connectivity index (χ1n) is 10.1. The van der Waals surface area contributed by atoms with Gasteiger partial charge in [-0.2, -0.15) is 0 Å². The second kappa shape index (κ2) is 9.95. The molecule has 0 bridgehead atoms. The Labute approximate surface area is 208 Å². The summed E-state index contributed by atoms with van der Waals surface area (Å²) in [6, 6.07) is 6.03. The molecule has 0 aliphatic carbocycles. The number of hydrogen-bond donors (Lipinski definition) is 3. The maximum Gasteiger partial charge on any atom is 0.153 e. The van der Waals surface area contributed by atoms with E-state index in [1.165, 1.54) is 10.9 Å². The van der Waals surface area contributed by atoms with E-state index in [0.717, 1.165) is 43.1 Å². The highest BCUT2D eigenvalue weighted by Crippen LogP contribution is 2.26. The summed E-state index contributed by atoms with van der Waals surface area (Å²) in [5.74, 6) is 0. The molecule has 0 radical (unpaired) electrons. The average Bonchev–Trinajstić information content (AvgIpc) is 3.57. The SMILES string of the molecule is Cc1cnc(C)c2[nH]ccc12.Cc1cnc(Cl)c2[nH]ccc12.Clc1ncc(Br)c2cc[nH]c12. The van der Waals surface area contributed by atoms with E-state index in [-0.39, 0.29) is 0 Å². The smallest absolute Gasteiger partial charge is 0.153 e. The third-order valence-electron chi connectivity index (χ3n) is 5.24. The summed E-state index contributed by atoms with van der Waals surface area (Å²) in [6.07, 6.45) is 11.0. The van der Waals surface area contributed by atoms with Crippen molar-refractivity contribution in [3.8, 4) is 0 Å². The third kappa shape index (κ3) is 4.90. The van der Waals surface area contributed by atoms with Gasteiger partial charge in [0, 0.05) is 57.8 Å². The summed E-state index contributed by atoms with van der Waals surface area (Å²) in [6.45, 7) is 6.10. The van der Waals surface area contributed by atoms with Gasteiger partial charge in [0.05, 0.1) is 22.2 Å². The van der Waals surface area contributed by atoms with Crippen LogP contribution in [0.15, 0.2) is 59.9 Å². The number of aromatic nitrogens is 6. The number of hydrogen-bond acceptors (Lipinski definition) is 3. The van der Waals surface area contributed by atoms with Crippen LogP contribution in [-0.2, 0) is 0 Å². The molecule has 0 unspecified atom stereocenters. The first kappa shape index (κ1) is 23.3. The molecule has 0 spiro atoms. The molecule has 6 aromatic heterocycles. The summed E-state index contributed by atoms with van der Waals surface area (Å²) in [4.78, 5) is 21.4. The van der Waals surface area contributed by atoms with Crippen molar-refractivity contribution in [2.45, 2.75) is 20.8 Å². The lowest BCUT2D eigenvalue weighted by Gasteiger charge is -1.97. The number of nitrogens with zero attached hydrogens (tertiary/aromatic N) is 3. The Morgan fingerprint density at radius 1 is 0.636 bits per heavy atom. The van der Waals surface area contributed by atoms with E-state index in [1.54, 1.807) is 12.4 Å². The lowest BCUT2D eigenvalue weighted by molar-refractivity contribution is 1.19. The van der Waals surface area contributed by atoms with Crippen LogP contribution in [0.4, 0.5) is 0 Å². The van der Waals surface area contributed by atoms with Crippen LogP contribution in [0, 0.1) is 20.8 Å². The van der Waals surface area contributed by atoms with E-state index in [4.69, 9.17) is 23.2 Å². The highest BCUT2D eigenvalue weighted by atomic mass is 79.9. The van der Waals surface area contributed by atoms with Gasteiger partial charge in [-0.05, 0) is 66.0 Å². The predicted octanol–water partition coefficient (Wildman–Crippen LogP) is 7.68. The fourth-order valence-electron chi connectivity index (χ4n) is 3.47. The zero-order valence-electron chi connectivity index (χ0n) is 18.2. The first-order valence-corrected chi connectivity index (χ1v) is 11.7. The monoisotopic (exact) mass is 542 g/mol. The fourth-order valence-corrected chi connectivity index (χ4v) is 4.31. The molecule has 0 saturated carbocycles. The number of halogens is 3. The number of H-pyrrole nitrogens is 3. The van der Waals surface area contributed by atoms with Crippen LogP contribution in [-0.4, -0.2) is 29.9 Å². The van der Waals surface area contributed by atoms with E-state index in [2.05, 4.69) is 58.8 Å². The van der Waals surface area contributed by atoms with Gasteiger partial charge in [0.2, 0.25) is 0 Å². The molecule has 6 aromatic rings. The summed E-state index contributed by atoms with van der Waals surface area (Å²) in [7, 11) is 0. The Morgan fingerprint density at radius 3 is 1.64 bits per heavy atom. The number of fused-ring (bicyclic) bond motifs is 3. The molecular formula is C24H21BrCl2N6. The number of aryl methyl sites for hydroxylation is 3. The number of aromatic amines is 3. The second-order valence-corrected chi connectivity index (χ2v) is 9.02. The van der Waals surface area contributed by atoms with Crippen LogP contribution in [0.1, 0.15) is 16.8 Å². The Hall–Kier alpha value is -2.87. The highest BCUT2D eigenvalue weighted by Gasteiger charge is 2.04. The topological polar surface area (TPSA) is 86.0 Å². The molecule has 6 rings (SSSR count). The molecule has 0 saturated heterocycles. The van der Waals surface area contributed by atoms with E-state index in [0.29, 0.717) is 10.3 Å². The van der Waals surface area contributed by atoms with Gasteiger partial charge in [0.1, 0.15) is 0 Å². The Kier molecular flexibility index (Phi) is 7.02. The van der Waals surface area contributed by atoms with Crippen molar-refractivity contribution in [2.24, 2.45) is 0 Å². The molecule has 6 nitrogen and oxygen atoms in total. The van der Waals surface area contributed by atoms with Gasteiger partial charge < -0.3 is 15.0 Å². The normalized spacial score (nSPS) is 10.7. The molecule has 0 atom stereocenters. The van der Waals surface area contributed by atoms with Crippen molar-refractivity contribution in [1.82, 2.24) is 29.9 Å². The minimum absolute atomic E-state index is 0.508. The summed E-state index contributed by atoms with van der Waals surface area (Å²) < 4.78 is 0.957. The van der Waals surface area contributed by atoms with Crippen LogP contribution in [0.25, 0.3) is 32.7 Å². The lowest BCUT2D eigenvalue weighted by Crippen LogP contribution is -1.84. The average molecular weight is 544 g/mol. The van der Waals surface area contributed by atoms with Crippen molar-refractivity contribution < 1.29 is 0 Å². The van der Waals surface area contributed by atoms with Crippen molar-refractivity contribution in [3.63, 3.8) is 0 Å². The standard InChI is InChI=1S/C9H10N2.C8H7ClN2.C7H4BrClN2/c1-6-5-11-7(2)9-8(6)3-4-10-9;1-5-4-11-8(9)7-6(5)2-3-10-7;8-5-3-11-7(9)6-4(5)1-2-10-6/h3-5,10H,1-2H3;2-4,10H,1H3;1-3,10H. The molecule has 0 amide bonds. The lowest BCUT2D eigenvalue weighted by atomic mass is 10.2. The zero-order valence-corrected chi connectivity index (χ0v) is 21.3. The van der Waals surface area contributed by atoms with Crippen molar-refractivity contribution in [1.29, 1.82) is 0 Å². The number of rotatable bonds is 0. The van der Waals surface area contributed by atoms with Gasteiger partial charge in [-0.1, -0.05) is 23.2 Å². The molecule has 0 aliphatic heterocycles. The van der Waals surface area contributed by atoms with Crippen LogP contribution in [0.2, 0.25) is 10.3 Å². The first-order chi connectivity index (χ1) is 15.9. The Morgan fingerprint density at radius 2 is 1.09 bits per heavy atom. The maximum absolute atomic E-state index is 5.83. The van der Waals surface area contributed by atoms with Gasteiger partial charge in [-0.3, -0.25) is 4.98 Å². The molecular weight excluding hydrogens is 523 g/mol. The Balaban J connectivity index is 0.000000118. The van der Waals surface area contributed by atoms with Crippen molar-refractivity contribution in [2.75, 3.05) is 0 Å². The third-order valence-corrected chi connectivity index (χ3v) is 6.44. The highest BCUT2D eigenvalue weighted by molar-refractivity contribution is 9.10. The quantitative estimate of drug-likeness (QED) is 0.172. The van der Waals surface area contributed by atoms with Crippen LogP contribution in [0.5, 0.6) is 0 Å². The molecule has 168 valence electrons. The molecule has 9 heteroatoms. The van der Waals surface area contributed by atoms with E-state index < -0.39 is 0 Å². The maximum atomic E-state index is 5.83. The molecule has 6 heterocycles. The zero-order chi connectivity index (χ0) is 23.5. The number of nitrogens with one attached hydrogen (secondary N) is 3. The van der Waals surface area contributed by atoms with E-state index in [9.17, 15) is 0 Å². The van der Waals surface area contributed by atoms with Crippen LogP contribution >= 0.6 is 39.1 Å². The molecule has 0 aliphatic rings. The summed E-state index contributed by atoms with van der Waals surface area (Å²) in [5.41, 5.74) is 6.39. The molecule has 33 heavy (non-hydrogen) atoms. The van der Waals surface area contributed by atoms with E-state index in [1.807, 2.05) is 50.8 Å². The minimum Gasteiger partial charge on any atom is -0.360 e. The van der Waals surface area contributed by atoms with E-state index >= 15 is 0 Å². The van der Waals surface area contributed by atoms with Gasteiger partial charge in [-0.25, -0.2) is 9.97 Å². The predicted molar refractivity (Wildman–Crippen MR) is 140 cm³/mol. The molecule has 0 fully saturated rings. The van der Waals surface area contributed by atoms with Gasteiger partial charge in [-0.15, -0.1) is 0 Å². The fraction of sp³-hybridized carbons (Fsp3) is 0.125. The van der Waals surface area contributed by atoms with Crippen LogP contribution in [0.3, 0.4) is 0 Å². The summed E-state index contributed by atoms with van der Waals surface area (Å²) >= 11 is 15.0. The van der Waals surface area contributed by atoms with Crippen molar-refractivity contribution in [3.05, 3.63) is 87.0 Å². The van der Waals surface area contributed by atoms with Gasteiger partial charge in [0.25, 0.3) is 0 Å². The largest absolute Gasteiger partial charge is 0.360 e. The molecule has 0 aromatic carbocycles. The minimum atomic E-state index is 0.508. The van der Waals surface area contributed by atoms with Gasteiger partial charge >= 0.3 is 0 Å². The van der Waals surface area contributed by atoms with Crippen LogP contribution < -0.4 is 0 Å². The molecule has 3 N–H and O–H groups in total. The Bertz CT molecular complexity index is 1260. The van der Waals surface area contributed by atoms with Crippen molar-refractivity contribution >= 4 is 71.8 Å².